The number of alkyl halides is 9. The monoisotopic (exact) mass is 1450 g/mol. The van der Waals surface area contributed by atoms with E-state index in [1.807, 2.05) is 0 Å². The Labute approximate surface area is 464 Å². The van der Waals surface area contributed by atoms with Gasteiger partial charge in [-0.3, -0.25) is 0 Å². The van der Waals surface area contributed by atoms with Gasteiger partial charge in [-0.15, -0.1) is 0 Å². The Kier molecular flexibility index (Phi) is 28.9. The van der Waals surface area contributed by atoms with Crippen LogP contribution in [0.25, 0.3) is 0 Å². The zero-order chi connectivity index (χ0) is 53.5. The van der Waals surface area contributed by atoms with Crippen LogP contribution in [0.4, 0.5) is 39.5 Å². The first-order chi connectivity index (χ1) is 32.2. The van der Waals surface area contributed by atoms with Crippen LogP contribution in [0.5, 0.6) is 0 Å². The molecule has 0 bridgehead atoms. The summed E-state index contributed by atoms with van der Waals surface area (Å²) in [6.07, 6.45) is -6.02. The molecule has 6 nitrogen and oxygen atoms in total. The number of benzene rings is 2. The molecule has 0 aliphatic rings. The fourth-order valence-electron chi connectivity index (χ4n) is 4.24. The fourth-order valence-corrected chi connectivity index (χ4v) is 6.46. The summed E-state index contributed by atoms with van der Waals surface area (Å²) in [6, 6.07) is 30.0. The van der Waals surface area contributed by atoms with Gasteiger partial charge in [0.25, 0.3) is 0 Å². The molecular formula is C47H41Br7ClF9N6. The molecule has 378 valence electrons. The average molecular weight is 1460 g/mol. The maximum absolute atomic E-state index is 11.9. The Bertz CT molecular complexity index is 2370. The molecule has 0 radical (unpaired) electrons. The first-order valence-electron chi connectivity index (χ1n) is 19.5. The predicted molar refractivity (Wildman–Crippen MR) is 283 cm³/mol. The van der Waals surface area contributed by atoms with Gasteiger partial charge < -0.3 is 0 Å². The van der Waals surface area contributed by atoms with Crippen molar-refractivity contribution in [2.75, 3.05) is 0 Å². The zero-order valence-electron chi connectivity index (χ0n) is 37.4. The molecule has 0 aliphatic carbocycles. The zero-order valence-corrected chi connectivity index (χ0v) is 49.2. The molecule has 0 aliphatic heterocycles. The molecule has 0 saturated carbocycles. The molecule has 0 fully saturated rings. The Morgan fingerprint density at radius 1 is 0.400 bits per heavy atom. The number of aromatic nitrogens is 6. The molecule has 0 atom stereocenters. The topological polar surface area (TPSA) is 77.3 Å². The number of rotatable bonds is 0. The van der Waals surface area contributed by atoms with Crippen LogP contribution in [0, 0.1) is 0 Å². The molecular weight excluding hydrogens is 1410 g/mol. The van der Waals surface area contributed by atoms with Crippen LogP contribution < -0.4 is 0 Å². The lowest BCUT2D eigenvalue weighted by Crippen LogP contribution is -2.10. The second-order valence-electron chi connectivity index (χ2n) is 15.4. The number of pyridine rings is 4. The highest BCUT2D eigenvalue weighted by Crippen LogP contribution is 2.31. The molecule has 0 unspecified atom stereocenters. The minimum absolute atomic E-state index is 0.187. The van der Waals surface area contributed by atoms with Crippen molar-refractivity contribution in [2.24, 2.45) is 0 Å². The van der Waals surface area contributed by atoms with Crippen LogP contribution in [0.2, 0.25) is 5.02 Å². The van der Waals surface area contributed by atoms with E-state index in [1.165, 1.54) is 29.3 Å². The van der Waals surface area contributed by atoms with Gasteiger partial charge in [-0.1, -0.05) is 115 Å². The smallest absolute Gasteiger partial charge is 0.249 e. The number of hydrogen-bond acceptors (Lipinski definition) is 6. The lowest BCUT2D eigenvalue weighted by Gasteiger charge is -2.18. The second kappa shape index (κ2) is 31.0. The largest absolute Gasteiger partial charge is 0.433 e. The molecule has 0 amide bonds. The number of nitrogens with zero attached hydrogens (tertiary/aromatic N) is 6. The van der Waals surface area contributed by atoms with Gasteiger partial charge in [0.1, 0.15) is 24.1 Å². The molecule has 7 aromatic rings. The summed E-state index contributed by atoms with van der Waals surface area (Å²) in [6.45, 7) is 13.3. The molecule has 0 saturated heterocycles. The van der Waals surface area contributed by atoms with Gasteiger partial charge in [-0.25, -0.2) is 29.9 Å². The quantitative estimate of drug-likeness (QED) is 0.0855. The minimum atomic E-state index is -4.36. The fraction of sp³-hybridized carbons (Fsp3) is 0.234. The summed E-state index contributed by atoms with van der Waals surface area (Å²) >= 11 is 27.3. The van der Waals surface area contributed by atoms with E-state index in [-0.39, 0.29) is 20.0 Å². The first kappa shape index (κ1) is 65.2. The molecule has 23 heteroatoms. The summed E-state index contributed by atoms with van der Waals surface area (Å²) in [7, 11) is 0. The van der Waals surface area contributed by atoms with Crippen LogP contribution in [0.3, 0.4) is 0 Å². The molecule has 70 heavy (non-hydrogen) atoms. The van der Waals surface area contributed by atoms with Crippen molar-refractivity contribution in [3.05, 3.63) is 205 Å². The molecule has 5 aromatic heterocycles. The number of halogens is 17. The van der Waals surface area contributed by atoms with Crippen molar-refractivity contribution in [1.29, 1.82) is 0 Å². The van der Waals surface area contributed by atoms with Gasteiger partial charge in [0.2, 0.25) is 0 Å². The van der Waals surface area contributed by atoms with Crippen LogP contribution in [-0.4, -0.2) is 29.9 Å². The van der Waals surface area contributed by atoms with Crippen molar-refractivity contribution >= 4 is 123 Å². The van der Waals surface area contributed by atoms with Crippen molar-refractivity contribution in [3.8, 4) is 0 Å². The van der Waals surface area contributed by atoms with Gasteiger partial charge in [0, 0.05) is 39.9 Å². The van der Waals surface area contributed by atoms with E-state index < -0.39 is 35.3 Å². The van der Waals surface area contributed by atoms with Gasteiger partial charge >= 0.3 is 18.5 Å². The van der Waals surface area contributed by atoms with Crippen molar-refractivity contribution in [3.63, 3.8) is 0 Å². The Morgan fingerprint density at radius 3 is 1.30 bits per heavy atom. The Balaban J connectivity index is 0.000000410. The van der Waals surface area contributed by atoms with Gasteiger partial charge in [-0.05, 0) is 180 Å². The van der Waals surface area contributed by atoms with Crippen molar-refractivity contribution in [1.82, 2.24) is 29.9 Å². The van der Waals surface area contributed by atoms with Crippen molar-refractivity contribution < 1.29 is 39.5 Å². The Hall–Kier alpha value is -2.86. The van der Waals surface area contributed by atoms with E-state index >= 15 is 0 Å². The van der Waals surface area contributed by atoms with Crippen LogP contribution in [-0.2, 0) is 29.4 Å². The van der Waals surface area contributed by atoms with Gasteiger partial charge in [0.15, 0.2) is 4.73 Å². The second-order valence-corrected chi connectivity index (χ2v) is 21.5. The molecule has 7 rings (SSSR count). The summed E-state index contributed by atoms with van der Waals surface area (Å²) in [5.74, 6) is 0. The summed E-state index contributed by atoms with van der Waals surface area (Å²) in [5, 5.41) is 0.646. The van der Waals surface area contributed by atoms with E-state index in [4.69, 9.17) is 11.6 Å². The van der Waals surface area contributed by atoms with Crippen LogP contribution in [0.1, 0.15) is 69.5 Å². The third-order valence-corrected chi connectivity index (χ3v) is 11.7. The first-order valence-corrected chi connectivity index (χ1v) is 25.4. The number of hydrogen-bond donors (Lipinski definition) is 0. The third-order valence-electron chi connectivity index (χ3n) is 7.76. The summed E-state index contributed by atoms with van der Waals surface area (Å²) in [4.78, 5) is 21.7. The minimum Gasteiger partial charge on any atom is -0.249 e. The highest BCUT2D eigenvalue weighted by Gasteiger charge is 2.32. The maximum atomic E-state index is 11.9. The molecule has 2 aromatic carbocycles. The van der Waals surface area contributed by atoms with E-state index in [0.29, 0.717) is 19.0 Å². The maximum Gasteiger partial charge on any atom is 0.433 e. The standard InChI is InChI=1S/2C10H13Br.3C6H3BrF3N.C5H3BrClN.C4H3BrN2/c1-10(2,3)8-4-6-9(11)7-5-8;1-10(2,3)8-5-4-6-9(11)7-8;7-5-3-4(1-2-11-5)6(8,9)10;7-5-2-1-4(3-11-5)6(8,9)10;7-5-3-1-2-4(11-5)6(8,9)10;6-5-4(7)2-1-3-8-5;5-4-6-2-1-3-7-4/h2*4-7H,1-3H3;3*1-3H;1-3H;1-3H. The van der Waals surface area contributed by atoms with Crippen LogP contribution >= 0.6 is 123 Å². The third kappa shape index (κ3) is 29.0. The summed E-state index contributed by atoms with van der Waals surface area (Å²) < 4.78 is 111. The van der Waals surface area contributed by atoms with Gasteiger partial charge in [-0.2, -0.15) is 39.5 Å². The highest BCUT2D eigenvalue weighted by atomic mass is 79.9. The SMILES string of the molecule is Brc1ncccn1.CC(C)(C)c1ccc(Br)cc1.CC(C)(C)c1cccc(Br)c1.Clc1cccnc1Br.FC(F)(F)c1ccc(Br)nc1.FC(F)(F)c1cccc(Br)n1.FC(F)(F)c1ccnc(Br)c1. The average Bonchev–Trinajstić information content (AvgIpc) is 3.25. The normalized spacial score (nSPS) is 11.1. The van der Waals surface area contributed by atoms with E-state index in [1.54, 1.807) is 36.8 Å². The molecule has 0 N–H and O–H groups in total. The molecule has 0 spiro atoms. The lowest BCUT2D eigenvalue weighted by molar-refractivity contribution is -0.141. The van der Waals surface area contributed by atoms with E-state index in [2.05, 4.69) is 231 Å². The van der Waals surface area contributed by atoms with E-state index in [9.17, 15) is 39.5 Å². The highest BCUT2D eigenvalue weighted by molar-refractivity contribution is 9.11. The lowest BCUT2D eigenvalue weighted by atomic mass is 9.87. The van der Waals surface area contributed by atoms with Crippen LogP contribution in [0.15, 0.2) is 172 Å². The predicted octanol–water partition coefficient (Wildman–Crippen LogP) is 19.8. The molecule has 5 heterocycles. The van der Waals surface area contributed by atoms with Crippen molar-refractivity contribution in [2.45, 2.75) is 70.9 Å². The van der Waals surface area contributed by atoms with E-state index in [0.717, 1.165) is 45.6 Å². The van der Waals surface area contributed by atoms with Gasteiger partial charge in [0.05, 0.1) is 16.1 Å². The Morgan fingerprint density at radius 2 is 0.943 bits per heavy atom. The summed E-state index contributed by atoms with van der Waals surface area (Å²) in [5.41, 5.74) is 0.948.